The van der Waals surface area contributed by atoms with E-state index in [9.17, 15) is 4.79 Å². The van der Waals surface area contributed by atoms with Gasteiger partial charge in [0, 0.05) is 31.2 Å². The van der Waals surface area contributed by atoms with Crippen molar-refractivity contribution in [3.8, 4) is 0 Å². The number of likely N-dealkylation sites (tertiary alicyclic amines) is 1. The molecule has 1 aliphatic rings. The quantitative estimate of drug-likeness (QED) is 0.864. The fourth-order valence-corrected chi connectivity index (χ4v) is 3.00. The summed E-state index contributed by atoms with van der Waals surface area (Å²) in [6.45, 7) is 4.94. The molecule has 0 radical (unpaired) electrons. The van der Waals surface area contributed by atoms with Crippen LogP contribution in [-0.4, -0.2) is 31.1 Å². The van der Waals surface area contributed by atoms with Crippen molar-refractivity contribution >= 4 is 17.6 Å². The summed E-state index contributed by atoms with van der Waals surface area (Å²) in [6, 6.07) is 5.92. The maximum atomic E-state index is 11.7. The molecule has 110 valence electrons. The molecule has 1 aromatic rings. The lowest BCUT2D eigenvalue weighted by atomic mass is 9.99. The second-order valence-electron chi connectivity index (χ2n) is 5.43. The van der Waals surface area contributed by atoms with E-state index in [2.05, 4.69) is 11.8 Å². The lowest BCUT2D eigenvalue weighted by molar-refractivity contribution is -0.146. The minimum absolute atomic E-state index is 0.0397. The molecule has 1 aromatic carbocycles. The number of carbonyl (C=O) groups excluding carboxylic acids is 1. The second-order valence-corrected chi connectivity index (χ2v) is 5.84. The van der Waals surface area contributed by atoms with E-state index in [-0.39, 0.29) is 11.9 Å². The Morgan fingerprint density at radius 3 is 2.85 bits per heavy atom. The fourth-order valence-electron chi connectivity index (χ4n) is 2.74. The smallest absolute Gasteiger partial charge is 0.310 e. The number of carbonyl (C=O) groups is 1. The van der Waals surface area contributed by atoms with Crippen molar-refractivity contribution in [2.24, 2.45) is 17.6 Å². The van der Waals surface area contributed by atoms with E-state index in [0.29, 0.717) is 12.5 Å². The maximum absolute atomic E-state index is 11.7. The number of esters is 1. The molecule has 2 atom stereocenters. The summed E-state index contributed by atoms with van der Waals surface area (Å²) in [7, 11) is 1.44. The highest BCUT2D eigenvalue weighted by atomic mass is 35.5. The molecule has 0 aliphatic carbocycles. The Morgan fingerprint density at radius 2 is 2.25 bits per heavy atom. The van der Waals surface area contributed by atoms with Crippen LogP contribution in [0.25, 0.3) is 0 Å². The van der Waals surface area contributed by atoms with Crippen molar-refractivity contribution in [3.05, 3.63) is 34.3 Å². The summed E-state index contributed by atoms with van der Waals surface area (Å²) in [4.78, 5) is 13.9. The van der Waals surface area contributed by atoms with Gasteiger partial charge in [0.15, 0.2) is 0 Å². The maximum Gasteiger partial charge on any atom is 0.310 e. The number of nitrogens with two attached hydrogens (primary N) is 1. The molecule has 1 fully saturated rings. The number of benzene rings is 1. The topological polar surface area (TPSA) is 55.6 Å². The standard InChI is InChI=1S/C15H21ClN2O2/c1-10-7-18(9-13(10)15(19)20-2)8-12-4-3-11(6-17)5-14(12)16/h3-5,10,13H,6-9,17H2,1-2H3. The van der Waals surface area contributed by atoms with Crippen LogP contribution in [0, 0.1) is 11.8 Å². The molecule has 20 heavy (non-hydrogen) atoms. The summed E-state index contributed by atoms with van der Waals surface area (Å²) in [5.74, 6) is 0.149. The third-order valence-electron chi connectivity index (χ3n) is 3.94. The molecule has 0 spiro atoms. The molecule has 1 saturated heterocycles. The molecule has 0 saturated carbocycles. The van der Waals surface area contributed by atoms with E-state index in [0.717, 1.165) is 35.8 Å². The number of hydrogen-bond acceptors (Lipinski definition) is 4. The Bertz CT molecular complexity index is 493. The van der Waals surface area contributed by atoms with Crippen LogP contribution in [0.3, 0.4) is 0 Å². The van der Waals surface area contributed by atoms with Gasteiger partial charge < -0.3 is 10.5 Å². The van der Waals surface area contributed by atoms with Crippen molar-refractivity contribution in [2.75, 3.05) is 20.2 Å². The predicted molar refractivity (Wildman–Crippen MR) is 79.3 cm³/mol. The van der Waals surface area contributed by atoms with Crippen molar-refractivity contribution in [3.63, 3.8) is 0 Å². The Morgan fingerprint density at radius 1 is 1.50 bits per heavy atom. The summed E-state index contributed by atoms with van der Waals surface area (Å²) >= 11 is 6.28. The first kappa shape index (κ1) is 15.3. The molecule has 2 N–H and O–H groups in total. The van der Waals surface area contributed by atoms with Crippen LogP contribution >= 0.6 is 11.6 Å². The molecule has 2 rings (SSSR count). The monoisotopic (exact) mass is 296 g/mol. The van der Waals surface area contributed by atoms with Crippen molar-refractivity contribution in [2.45, 2.75) is 20.0 Å². The zero-order valence-corrected chi connectivity index (χ0v) is 12.7. The zero-order chi connectivity index (χ0) is 14.7. The van der Waals surface area contributed by atoms with Crippen LogP contribution in [0.15, 0.2) is 18.2 Å². The Kier molecular flexibility index (Phi) is 5.02. The highest BCUT2D eigenvalue weighted by Gasteiger charge is 2.35. The molecule has 1 heterocycles. The van der Waals surface area contributed by atoms with Gasteiger partial charge in [-0.1, -0.05) is 30.7 Å². The Hall–Kier alpha value is -1.10. The van der Waals surface area contributed by atoms with Crippen LogP contribution < -0.4 is 5.73 Å². The first-order chi connectivity index (χ1) is 9.55. The van der Waals surface area contributed by atoms with Gasteiger partial charge in [0.05, 0.1) is 13.0 Å². The molecule has 0 amide bonds. The molecule has 0 aromatic heterocycles. The number of rotatable bonds is 4. The first-order valence-electron chi connectivity index (χ1n) is 6.82. The Labute approximate surface area is 124 Å². The summed E-state index contributed by atoms with van der Waals surface area (Å²) in [5, 5.41) is 0.738. The summed E-state index contributed by atoms with van der Waals surface area (Å²) in [6.07, 6.45) is 0. The number of nitrogens with zero attached hydrogens (tertiary/aromatic N) is 1. The van der Waals surface area contributed by atoms with Crippen LogP contribution in [0.1, 0.15) is 18.1 Å². The van der Waals surface area contributed by atoms with E-state index in [1.165, 1.54) is 7.11 Å². The largest absolute Gasteiger partial charge is 0.469 e. The summed E-state index contributed by atoms with van der Waals surface area (Å²) in [5.41, 5.74) is 7.70. The molecule has 4 nitrogen and oxygen atoms in total. The fraction of sp³-hybridized carbons (Fsp3) is 0.533. The van der Waals surface area contributed by atoms with E-state index in [1.54, 1.807) is 0 Å². The van der Waals surface area contributed by atoms with Gasteiger partial charge in [0.25, 0.3) is 0 Å². The SMILES string of the molecule is COC(=O)C1CN(Cc2ccc(CN)cc2Cl)CC1C. The van der Waals surface area contributed by atoms with E-state index in [1.807, 2.05) is 18.2 Å². The van der Waals surface area contributed by atoms with Crippen molar-refractivity contribution in [1.29, 1.82) is 0 Å². The number of hydrogen-bond donors (Lipinski definition) is 1. The average molecular weight is 297 g/mol. The third kappa shape index (κ3) is 3.32. The van der Waals surface area contributed by atoms with Gasteiger partial charge in [-0.05, 0) is 23.1 Å². The van der Waals surface area contributed by atoms with Gasteiger partial charge in [-0.15, -0.1) is 0 Å². The molecular formula is C15H21ClN2O2. The molecular weight excluding hydrogens is 276 g/mol. The summed E-state index contributed by atoms with van der Waals surface area (Å²) < 4.78 is 4.85. The minimum atomic E-state index is -0.121. The van der Waals surface area contributed by atoms with E-state index < -0.39 is 0 Å². The van der Waals surface area contributed by atoms with Gasteiger partial charge >= 0.3 is 5.97 Å². The van der Waals surface area contributed by atoms with Crippen LogP contribution in [0.4, 0.5) is 0 Å². The number of halogens is 1. The predicted octanol–water partition coefficient (Wildman–Crippen LogP) is 2.04. The van der Waals surface area contributed by atoms with Gasteiger partial charge in [-0.25, -0.2) is 0 Å². The third-order valence-corrected chi connectivity index (χ3v) is 4.29. The molecule has 0 bridgehead atoms. The molecule has 1 aliphatic heterocycles. The zero-order valence-electron chi connectivity index (χ0n) is 11.9. The van der Waals surface area contributed by atoms with Gasteiger partial charge in [0.1, 0.15) is 0 Å². The molecule has 2 unspecified atom stereocenters. The van der Waals surface area contributed by atoms with Gasteiger partial charge in [-0.3, -0.25) is 9.69 Å². The second kappa shape index (κ2) is 6.57. The van der Waals surface area contributed by atoms with Crippen molar-refractivity contribution in [1.82, 2.24) is 4.90 Å². The van der Waals surface area contributed by atoms with E-state index in [4.69, 9.17) is 22.1 Å². The molecule has 5 heteroatoms. The minimum Gasteiger partial charge on any atom is -0.469 e. The average Bonchev–Trinajstić information content (AvgIpc) is 2.81. The van der Waals surface area contributed by atoms with Crippen LogP contribution in [-0.2, 0) is 22.6 Å². The van der Waals surface area contributed by atoms with Gasteiger partial charge in [-0.2, -0.15) is 0 Å². The van der Waals surface area contributed by atoms with E-state index >= 15 is 0 Å². The number of methoxy groups -OCH3 is 1. The van der Waals surface area contributed by atoms with Crippen LogP contribution in [0.2, 0.25) is 5.02 Å². The first-order valence-corrected chi connectivity index (χ1v) is 7.20. The highest BCUT2D eigenvalue weighted by Crippen LogP contribution is 2.27. The number of ether oxygens (including phenoxy) is 1. The van der Waals surface area contributed by atoms with Gasteiger partial charge in [0.2, 0.25) is 0 Å². The Balaban J connectivity index is 2.03. The lowest BCUT2D eigenvalue weighted by Gasteiger charge is -2.16. The van der Waals surface area contributed by atoms with Crippen LogP contribution in [0.5, 0.6) is 0 Å². The lowest BCUT2D eigenvalue weighted by Crippen LogP contribution is -2.24. The van der Waals surface area contributed by atoms with Crippen molar-refractivity contribution < 1.29 is 9.53 Å². The highest BCUT2D eigenvalue weighted by molar-refractivity contribution is 6.31. The normalized spacial score (nSPS) is 23.0.